The van der Waals surface area contributed by atoms with Gasteiger partial charge in [-0.3, -0.25) is 0 Å². The average molecular weight is 783 g/mol. The van der Waals surface area contributed by atoms with Crippen molar-refractivity contribution in [1.29, 1.82) is 0 Å². The highest BCUT2D eigenvalue weighted by molar-refractivity contribution is 9.10. The van der Waals surface area contributed by atoms with E-state index < -0.39 is 17.3 Å². The van der Waals surface area contributed by atoms with Gasteiger partial charge in [0.05, 0.1) is 11.1 Å². The summed E-state index contributed by atoms with van der Waals surface area (Å²) in [7, 11) is 0. The van der Waals surface area contributed by atoms with E-state index in [4.69, 9.17) is 24.2 Å². The number of furan rings is 1. The number of hydrogen-bond donors (Lipinski definition) is 1. The van der Waals surface area contributed by atoms with Gasteiger partial charge in [-0.1, -0.05) is 121 Å². The number of carbonyl (C=O) groups is 1. The molecule has 0 bridgehead atoms. The van der Waals surface area contributed by atoms with Crippen molar-refractivity contribution < 1.29 is 18.7 Å². The number of halogens is 1. The molecule has 5 aromatic carbocycles. The van der Waals surface area contributed by atoms with E-state index in [1.165, 1.54) is 0 Å². The molecule has 272 valence electrons. The third-order valence-corrected chi connectivity index (χ3v) is 11.1. The molecule has 0 atom stereocenters. The van der Waals surface area contributed by atoms with Gasteiger partial charge in [0.25, 0.3) is 0 Å². The molecular weight excluding hydrogens is 742 g/mol. The summed E-state index contributed by atoms with van der Waals surface area (Å²) in [6.07, 6.45) is 3.09. The maximum atomic E-state index is 12.2. The fourth-order valence-electron chi connectivity index (χ4n) is 7.85. The lowest BCUT2D eigenvalue weighted by molar-refractivity contribution is -0.0299. The highest BCUT2D eigenvalue weighted by Gasteiger charge is 2.42. The molecule has 0 saturated heterocycles. The van der Waals surface area contributed by atoms with E-state index in [9.17, 15) is 4.79 Å². The summed E-state index contributed by atoms with van der Waals surface area (Å²) in [6, 6.07) is 45.4. The Morgan fingerprint density at radius 3 is 2.04 bits per heavy atom. The lowest BCUT2D eigenvalue weighted by Gasteiger charge is -2.36. The molecule has 1 aliphatic rings. The van der Waals surface area contributed by atoms with Crippen LogP contribution in [0, 0.1) is 0 Å². The molecule has 0 aliphatic heterocycles. The molecule has 7 aromatic rings. The van der Waals surface area contributed by atoms with Crippen LogP contribution in [-0.4, -0.2) is 45.1 Å². The van der Waals surface area contributed by atoms with Gasteiger partial charge in [-0.15, -0.1) is 5.10 Å². The third kappa shape index (κ3) is 6.60. The van der Waals surface area contributed by atoms with Crippen molar-refractivity contribution in [2.45, 2.75) is 50.3 Å². The van der Waals surface area contributed by atoms with Crippen molar-refractivity contribution >= 4 is 33.1 Å². The topological polar surface area (TPSA) is 104 Å². The maximum Gasteiger partial charge on any atom is 0.508 e. The molecule has 0 radical (unpaired) electrons. The average Bonchev–Trinajstić information content (AvgIpc) is 3.97. The Balaban J connectivity index is 1.17. The molecule has 2 aromatic heterocycles. The van der Waals surface area contributed by atoms with Crippen molar-refractivity contribution in [1.82, 2.24) is 25.5 Å². The lowest BCUT2D eigenvalue weighted by atomic mass is 9.77. The molecule has 0 unspecified atom stereocenters. The maximum absolute atomic E-state index is 12.2. The number of hydrogen-bond acceptors (Lipinski definition) is 8. The van der Waals surface area contributed by atoms with Gasteiger partial charge >= 0.3 is 6.16 Å². The van der Waals surface area contributed by atoms with Gasteiger partial charge in [0.15, 0.2) is 5.82 Å². The van der Waals surface area contributed by atoms with E-state index in [1.54, 1.807) is 6.92 Å². The summed E-state index contributed by atoms with van der Waals surface area (Å²) in [6.45, 7) is 3.23. The fraction of sp³-hybridized carbons (Fsp3) is 0.227. The number of ether oxygens (including phenoxy) is 2. The summed E-state index contributed by atoms with van der Waals surface area (Å²) in [4.78, 5) is 12.2. The van der Waals surface area contributed by atoms with Crippen molar-refractivity contribution in [2.75, 3.05) is 13.2 Å². The first kappa shape index (κ1) is 35.4. The Morgan fingerprint density at radius 2 is 1.43 bits per heavy atom. The minimum atomic E-state index is -0.902. The molecule has 9 nitrogen and oxygen atoms in total. The van der Waals surface area contributed by atoms with Gasteiger partial charge < -0.3 is 19.2 Å². The van der Waals surface area contributed by atoms with Crippen molar-refractivity contribution in [3.05, 3.63) is 160 Å². The van der Waals surface area contributed by atoms with Crippen LogP contribution in [-0.2, 0) is 21.6 Å². The molecule has 1 fully saturated rings. The standard InChI is InChI=1S/C44H40BrN5O4/c1-2-52-42(51)54-43(26-14-15-27-43)30-46-29-31-24-25-38-37(28-31)39(45)40(53-38)35-22-12-13-23-36(35)41-47-48-49-50(41)44(32-16-6-3-7-17-32,33-18-8-4-9-19-33)34-20-10-5-11-21-34/h3-13,16-25,28,46H,2,14-15,26-27,29-30H2,1H3. The highest BCUT2D eigenvalue weighted by Crippen LogP contribution is 2.45. The quantitative estimate of drug-likeness (QED) is 0.0966. The number of benzene rings is 5. The number of carbonyl (C=O) groups excluding carboxylic acids is 1. The Bertz CT molecular complexity index is 2260. The first-order chi connectivity index (χ1) is 26.5. The van der Waals surface area contributed by atoms with Crippen LogP contribution in [0.15, 0.2) is 142 Å². The van der Waals surface area contributed by atoms with E-state index in [0.29, 0.717) is 31.3 Å². The molecule has 0 spiro atoms. The molecule has 1 N–H and O–H groups in total. The number of tetrazole rings is 1. The normalized spacial score (nSPS) is 14.0. The van der Waals surface area contributed by atoms with Gasteiger partial charge in [-0.05, 0) is 93.4 Å². The van der Waals surface area contributed by atoms with Crippen LogP contribution in [0.4, 0.5) is 4.79 Å². The van der Waals surface area contributed by atoms with E-state index in [0.717, 1.165) is 74.5 Å². The molecule has 2 heterocycles. The first-order valence-electron chi connectivity index (χ1n) is 18.3. The third-order valence-electron chi connectivity index (χ3n) is 10.3. The molecule has 1 saturated carbocycles. The smallest absolute Gasteiger partial charge is 0.455 e. The van der Waals surface area contributed by atoms with Crippen LogP contribution in [0.5, 0.6) is 0 Å². The number of nitrogens with zero attached hydrogens (tertiary/aromatic N) is 4. The van der Waals surface area contributed by atoms with Gasteiger partial charge in [0.1, 0.15) is 22.5 Å². The lowest BCUT2D eigenvalue weighted by Crippen LogP contribution is -2.42. The van der Waals surface area contributed by atoms with Crippen LogP contribution < -0.4 is 5.32 Å². The second-order valence-electron chi connectivity index (χ2n) is 13.6. The monoisotopic (exact) mass is 781 g/mol. The molecule has 54 heavy (non-hydrogen) atoms. The predicted octanol–water partition coefficient (Wildman–Crippen LogP) is 9.93. The van der Waals surface area contributed by atoms with Crippen LogP contribution in [0.25, 0.3) is 33.7 Å². The largest absolute Gasteiger partial charge is 0.508 e. The molecule has 0 amide bonds. The van der Waals surface area contributed by atoms with Crippen LogP contribution >= 0.6 is 15.9 Å². The molecule has 8 rings (SSSR count). The highest BCUT2D eigenvalue weighted by atomic mass is 79.9. The van der Waals surface area contributed by atoms with Crippen LogP contribution in [0.3, 0.4) is 0 Å². The molecule has 10 heteroatoms. The summed E-state index contributed by atoms with van der Waals surface area (Å²) >= 11 is 3.92. The zero-order valence-electron chi connectivity index (χ0n) is 30.0. The Morgan fingerprint density at radius 1 is 0.833 bits per heavy atom. The Labute approximate surface area is 322 Å². The van der Waals surface area contributed by atoms with Gasteiger partial charge in [0.2, 0.25) is 0 Å². The van der Waals surface area contributed by atoms with Gasteiger partial charge in [-0.2, -0.15) is 0 Å². The summed E-state index contributed by atoms with van der Waals surface area (Å²) in [5, 5.41) is 18.3. The Kier molecular flexibility index (Phi) is 10.1. The van der Waals surface area contributed by atoms with Gasteiger partial charge in [-0.25, -0.2) is 9.48 Å². The van der Waals surface area contributed by atoms with Crippen LogP contribution in [0.1, 0.15) is 54.9 Å². The van der Waals surface area contributed by atoms with E-state index >= 15 is 0 Å². The summed E-state index contributed by atoms with van der Waals surface area (Å²) in [5.41, 5.74) is 5.11. The number of aromatic nitrogens is 4. The van der Waals surface area contributed by atoms with Crippen molar-refractivity contribution in [2.24, 2.45) is 0 Å². The molecular formula is C44H40BrN5O4. The Hall–Kier alpha value is -5.58. The van der Waals surface area contributed by atoms with Gasteiger partial charge in [0, 0.05) is 29.6 Å². The fourth-order valence-corrected chi connectivity index (χ4v) is 8.46. The summed E-state index contributed by atoms with van der Waals surface area (Å²) < 4.78 is 20.3. The minimum Gasteiger partial charge on any atom is -0.455 e. The second-order valence-corrected chi connectivity index (χ2v) is 14.4. The second kappa shape index (κ2) is 15.4. The van der Waals surface area contributed by atoms with Crippen molar-refractivity contribution in [3.8, 4) is 22.7 Å². The number of nitrogens with one attached hydrogen (secondary N) is 1. The van der Waals surface area contributed by atoms with E-state index in [2.05, 4.69) is 75.0 Å². The first-order valence-corrected chi connectivity index (χ1v) is 19.1. The predicted molar refractivity (Wildman–Crippen MR) is 212 cm³/mol. The van der Waals surface area contributed by atoms with Crippen LogP contribution in [0.2, 0.25) is 0 Å². The number of fused-ring (bicyclic) bond motifs is 1. The zero-order chi connectivity index (χ0) is 37.0. The summed E-state index contributed by atoms with van der Waals surface area (Å²) in [5.74, 6) is 1.27. The zero-order valence-corrected chi connectivity index (χ0v) is 31.5. The van der Waals surface area contributed by atoms with E-state index in [1.807, 2.05) is 89.6 Å². The van der Waals surface area contributed by atoms with Crippen molar-refractivity contribution in [3.63, 3.8) is 0 Å². The SMILES string of the molecule is CCOC(=O)OC1(CNCc2ccc3oc(-c4ccccc4-c4nnnn4C(c4ccccc4)(c4ccccc4)c4ccccc4)c(Br)c3c2)CCCC1. The minimum absolute atomic E-state index is 0.293. The van der Waals surface area contributed by atoms with E-state index in [-0.39, 0.29) is 0 Å². The number of rotatable bonds is 12. The molecule has 1 aliphatic carbocycles.